The highest BCUT2D eigenvalue weighted by molar-refractivity contribution is 7.92. The Labute approximate surface area is 109 Å². The average molecular weight is 281 g/mol. The number of aromatic nitrogens is 2. The Bertz CT molecular complexity index is 679. The zero-order chi connectivity index (χ0) is 13.9. The molecule has 0 unspecified atom stereocenters. The molecule has 0 saturated carbocycles. The minimum Gasteiger partial charge on any atom is -0.480 e. The minimum absolute atomic E-state index is 0.0856. The summed E-state index contributed by atoms with van der Waals surface area (Å²) in [7, 11) is -3.75. The van der Waals surface area contributed by atoms with Crippen LogP contribution in [0.2, 0.25) is 0 Å². The zero-order valence-electron chi connectivity index (χ0n) is 9.72. The Kier molecular flexibility index (Phi) is 3.52. The van der Waals surface area contributed by atoms with Crippen LogP contribution < -0.4 is 4.72 Å². The van der Waals surface area contributed by atoms with Gasteiger partial charge in [0.1, 0.15) is 11.4 Å². The Hall–Kier alpha value is -2.35. The van der Waals surface area contributed by atoms with E-state index in [9.17, 15) is 13.2 Å². The van der Waals surface area contributed by atoms with E-state index in [4.69, 9.17) is 5.11 Å². The molecule has 1 aromatic carbocycles. The van der Waals surface area contributed by atoms with Gasteiger partial charge in [-0.1, -0.05) is 18.2 Å². The number of rotatable bonds is 5. The van der Waals surface area contributed by atoms with Crippen molar-refractivity contribution in [1.82, 2.24) is 9.78 Å². The van der Waals surface area contributed by atoms with Gasteiger partial charge >= 0.3 is 5.97 Å². The number of carboxylic acids is 1. The number of carboxylic acid groups (broad SMARTS) is 1. The molecule has 19 heavy (non-hydrogen) atoms. The lowest BCUT2D eigenvalue weighted by molar-refractivity contribution is -0.137. The molecule has 0 aliphatic rings. The van der Waals surface area contributed by atoms with Crippen LogP contribution >= 0.6 is 0 Å². The van der Waals surface area contributed by atoms with Crippen LogP contribution in [0.15, 0.2) is 47.6 Å². The van der Waals surface area contributed by atoms with Gasteiger partial charge in [-0.05, 0) is 12.1 Å². The normalized spacial score (nSPS) is 11.2. The third-order valence-corrected chi connectivity index (χ3v) is 3.58. The van der Waals surface area contributed by atoms with Gasteiger partial charge in [0.05, 0.1) is 6.20 Å². The van der Waals surface area contributed by atoms with E-state index in [2.05, 4.69) is 9.82 Å². The van der Waals surface area contributed by atoms with Gasteiger partial charge in [0, 0.05) is 11.9 Å². The summed E-state index contributed by atoms with van der Waals surface area (Å²) in [6, 6.07) is 8.39. The molecule has 0 amide bonds. The van der Waals surface area contributed by atoms with Crippen LogP contribution in [0, 0.1) is 0 Å². The van der Waals surface area contributed by atoms with Crippen LogP contribution in [0.25, 0.3) is 0 Å². The second-order valence-electron chi connectivity index (χ2n) is 3.74. The molecule has 2 N–H and O–H groups in total. The van der Waals surface area contributed by atoms with E-state index in [1.165, 1.54) is 6.20 Å². The maximum absolute atomic E-state index is 12.0. The fourth-order valence-electron chi connectivity index (χ4n) is 1.43. The van der Waals surface area contributed by atoms with Crippen LogP contribution in [0.5, 0.6) is 0 Å². The second kappa shape index (κ2) is 5.11. The monoisotopic (exact) mass is 281 g/mol. The maximum atomic E-state index is 12.0. The summed E-state index contributed by atoms with van der Waals surface area (Å²) in [6.07, 6.45) is 2.27. The van der Waals surface area contributed by atoms with Crippen LogP contribution in [0.1, 0.15) is 0 Å². The lowest BCUT2D eigenvalue weighted by atomic mass is 10.3. The lowest BCUT2D eigenvalue weighted by Gasteiger charge is -2.05. The third-order valence-electron chi connectivity index (χ3n) is 2.24. The summed E-state index contributed by atoms with van der Waals surface area (Å²) in [4.78, 5) is 10.4. The summed E-state index contributed by atoms with van der Waals surface area (Å²) < 4.78 is 27.4. The smallest absolute Gasteiger partial charge is 0.325 e. The van der Waals surface area contributed by atoms with Crippen LogP contribution in [-0.4, -0.2) is 29.3 Å². The van der Waals surface area contributed by atoms with Crippen LogP contribution in [0.4, 0.5) is 5.69 Å². The standard InChI is InChI=1S/C11H11N3O4S/c15-11(16)8-14-7-10(6-12-14)19(17,18)13-9-4-2-1-3-5-9/h1-7,13H,8H2,(H,15,16). The number of carbonyl (C=O) groups is 1. The SMILES string of the molecule is O=C(O)Cn1cc(S(=O)(=O)Nc2ccccc2)cn1. The summed E-state index contributed by atoms with van der Waals surface area (Å²) in [5.41, 5.74) is 0.425. The van der Waals surface area contributed by atoms with E-state index in [0.29, 0.717) is 5.69 Å². The van der Waals surface area contributed by atoms with Gasteiger partial charge in [-0.25, -0.2) is 8.42 Å². The van der Waals surface area contributed by atoms with E-state index in [-0.39, 0.29) is 11.4 Å². The van der Waals surface area contributed by atoms with Crippen molar-refractivity contribution in [1.29, 1.82) is 0 Å². The van der Waals surface area contributed by atoms with Crippen molar-refractivity contribution in [2.75, 3.05) is 4.72 Å². The highest BCUT2D eigenvalue weighted by atomic mass is 32.2. The summed E-state index contributed by atoms with van der Waals surface area (Å²) in [5, 5.41) is 12.3. The first-order chi connectivity index (χ1) is 8.97. The number of hydrogen-bond donors (Lipinski definition) is 2. The summed E-state index contributed by atoms with van der Waals surface area (Å²) >= 11 is 0. The van der Waals surface area contributed by atoms with Crippen molar-refractivity contribution in [3.63, 3.8) is 0 Å². The molecule has 1 heterocycles. The highest BCUT2D eigenvalue weighted by Crippen LogP contribution is 2.14. The van der Waals surface area contributed by atoms with Crippen molar-refractivity contribution in [3.05, 3.63) is 42.7 Å². The van der Waals surface area contributed by atoms with E-state index in [1.807, 2.05) is 0 Å². The zero-order valence-corrected chi connectivity index (χ0v) is 10.5. The second-order valence-corrected chi connectivity index (χ2v) is 5.42. The van der Waals surface area contributed by atoms with Gasteiger partial charge in [0.25, 0.3) is 10.0 Å². The first-order valence-corrected chi connectivity index (χ1v) is 6.78. The Morgan fingerprint density at radius 2 is 2.00 bits per heavy atom. The Balaban J connectivity index is 2.20. The fourth-order valence-corrected chi connectivity index (χ4v) is 2.44. The lowest BCUT2D eigenvalue weighted by Crippen LogP contribution is -2.12. The number of hydrogen-bond acceptors (Lipinski definition) is 4. The number of anilines is 1. The number of nitrogens with zero attached hydrogens (tertiary/aromatic N) is 2. The van der Waals surface area contributed by atoms with Crippen molar-refractivity contribution < 1.29 is 18.3 Å². The number of sulfonamides is 1. The fraction of sp³-hybridized carbons (Fsp3) is 0.0909. The molecule has 0 bridgehead atoms. The number of aliphatic carboxylic acids is 1. The largest absolute Gasteiger partial charge is 0.480 e. The Morgan fingerprint density at radius 1 is 1.32 bits per heavy atom. The molecule has 2 aromatic rings. The molecule has 1 aromatic heterocycles. The number of benzene rings is 1. The third kappa shape index (κ3) is 3.32. The molecule has 100 valence electrons. The molecule has 0 aliphatic heterocycles. The van der Waals surface area contributed by atoms with E-state index >= 15 is 0 Å². The maximum Gasteiger partial charge on any atom is 0.325 e. The first kappa shape index (κ1) is 13.1. The molecule has 0 radical (unpaired) electrons. The van der Waals surface area contributed by atoms with Gasteiger partial charge in [0.15, 0.2) is 0 Å². The van der Waals surface area contributed by atoms with Crippen molar-refractivity contribution in [3.8, 4) is 0 Å². The predicted molar refractivity (Wildman–Crippen MR) is 67.1 cm³/mol. The van der Waals surface area contributed by atoms with Gasteiger partial charge in [-0.15, -0.1) is 0 Å². The molecule has 8 heteroatoms. The van der Waals surface area contributed by atoms with Crippen molar-refractivity contribution in [2.45, 2.75) is 11.4 Å². The summed E-state index contributed by atoms with van der Waals surface area (Å²) in [6.45, 7) is -0.388. The molecule has 0 saturated heterocycles. The van der Waals surface area contributed by atoms with Crippen molar-refractivity contribution >= 4 is 21.7 Å². The average Bonchev–Trinajstić information content (AvgIpc) is 2.78. The molecular formula is C11H11N3O4S. The topological polar surface area (TPSA) is 101 Å². The molecule has 0 fully saturated rings. The quantitative estimate of drug-likeness (QED) is 0.842. The molecular weight excluding hydrogens is 270 g/mol. The summed E-state index contributed by atoms with van der Waals surface area (Å²) in [5.74, 6) is -1.09. The van der Waals surface area contributed by atoms with E-state index in [0.717, 1.165) is 10.9 Å². The minimum atomic E-state index is -3.75. The first-order valence-electron chi connectivity index (χ1n) is 5.29. The molecule has 2 rings (SSSR count). The van der Waals surface area contributed by atoms with Crippen LogP contribution in [-0.2, 0) is 21.4 Å². The van der Waals surface area contributed by atoms with E-state index < -0.39 is 16.0 Å². The number of nitrogens with one attached hydrogen (secondary N) is 1. The van der Waals surface area contributed by atoms with Gasteiger partial charge < -0.3 is 5.11 Å². The molecule has 0 aliphatic carbocycles. The van der Waals surface area contributed by atoms with Gasteiger partial charge in [-0.2, -0.15) is 5.10 Å². The van der Waals surface area contributed by atoms with E-state index in [1.54, 1.807) is 30.3 Å². The number of para-hydroxylation sites is 1. The Morgan fingerprint density at radius 3 is 2.63 bits per heavy atom. The highest BCUT2D eigenvalue weighted by Gasteiger charge is 2.17. The van der Waals surface area contributed by atoms with Crippen LogP contribution in [0.3, 0.4) is 0 Å². The predicted octanol–water partition coefficient (Wildman–Crippen LogP) is 0.768. The molecule has 0 spiro atoms. The van der Waals surface area contributed by atoms with Crippen molar-refractivity contribution in [2.24, 2.45) is 0 Å². The molecule has 0 atom stereocenters. The molecule has 7 nitrogen and oxygen atoms in total. The van der Waals surface area contributed by atoms with Gasteiger partial charge in [-0.3, -0.25) is 14.2 Å². The van der Waals surface area contributed by atoms with Gasteiger partial charge in [0.2, 0.25) is 0 Å².